The Hall–Kier alpha value is -0.600. The second kappa shape index (κ2) is 1.74. The van der Waals surface area contributed by atoms with Crippen LogP contribution in [-0.2, 0) is 0 Å². The minimum Gasteiger partial charge on any atom is -0.506 e. The average molecular weight is 93.1 g/mol. The summed E-state index contributed by atoms with van der Waals surface area (Å²) in [4.78, 5) is 0. The number of aliphatic hydroxyl groups excluding tert-OH is 1. The molecule has 0 aromatic rings. The Morgan fingerprint density at radius 3 is 1.83 bits per heavy atom. The molecule has 0 saturated heterocycles. The molecule has 0 aliphatic heterocycles. The highest BCUT2D eigenvalue weighted by molar-refractivity contribution is 4.77. The zero-order valence-corrected chi connectivity index (χ0v) is 2.86. The summed E-state index contributed by atoms with van der Waals surface area (Å²) in [6, 6.07) is 0. The van der Waals surface area contributed by atoms with Crippen LogP contribution in [0.1, 0.15) is 0 Å². The van der Waals surface area contributed by atoms with Gasteiger partial charge in [-0.15, -0.1) is 0 Å². The fourth-order valence-corrected chi connectivity index (χ4v) is 0. The van der Waals surface area contributed by atoms with E-state index in [0.717, 1.165) is 0 Å². The lowest BCUT2D eigenvalue weighted by Gasteiger charge is -1.87. The second-order valence-electron chi connectivity index (χ2n) is 0.726. The highest BCUT2D eigenvalue weighted by Gasteiger charge is 2.02. The zero-order valence-electron chi connectivity index (χ0n) is 2.86. The summed E-state index contributed by atoms with van der Waals surface area (Å²) in [6.45, 7) is 4.16. The SMILES string of the molecule is [CH]=C(O)C(F)F. The van der Waals surface area contributed by atoms with Gasteiger partial charge in [0.25, 0.3) is 6.43 Å². The van der Waals surface area contributed by atoms with Gasteiger partial charge >= 0.3 is 0 Å². The highest BCUT2D eigenvalue weighted by Crippen LogP contribution is 1.98. The van der Waals surface area contributed by atoms with Gasteiger partial charge in [0.1, 0.15) is 0 Å². The number of allylic oxidation sites excluding steroid dienone is 1. The molecular formula is C3H3F2O. The van der Waals surface area contributed by atoms with E-state index < -0.39 is 12.2 Å². The van der Waals surface area contributed by atoms with Gasteiger partial charge in [-0.25, -0.2) is 8.78 Å². The van der Waals surface area contributed by atoms with Gasteiger partial charge in [0.2, 0.25) is 0 Å². The smallest absolute Gasteiger partial charge is 0.294 e. The van der Waals surface area contributed by atoms with Crippen molar-refractivity contribution in [3.8, 4) is 0 Å². The van der Waals surface area contributed by atoms with Crippen LogP contribution in [0.15, 0.2) is 5.76 Å². The minimum absolute atomic E-state index is 1.32. The van der Waals surface area contributed by atoms with E-state index in [1.165, 1.54) is 0 Å². The van der Waals surface area contributed by atoms with Gasteiger partial charge in [0.15, 0.2) is 5.76 Å². The molecule has 0 aliphatic rings. The topological polar surface area (TPSA) is 20.2 Å². The van der Waals surface area contributed by atoms with Crippen molar-refractivity contribution in [1.82, 2.24) is 0 Å². The van der Waals surface area contributed by atoms with Crippen LogP contribution in [0.4, 0.5) is 8.78 Å². The molecule has 0 rings (SSSR count). The highest BCUT2D eigenvalue weighted by atomic mass is 19.3. The summed E-state index contributed by atoms with van der Waals surface area (Å²) in [5, 5.41) is 7.57. The molecule has 0 aromatic heterocycles. The molecule has 35 valence electrons. The number of hydrogen-bond donors (Lipinski definition) is 1. The minimum atomic E-state index is -2.90. The summed E-state index contributed by atoms with van der Waals surface area (Å²) in [5.41, 5.74) is 0. The van der Waals surface area contributed by atoms with Gasteiger partial charge in [-0.05, 0) is 6.58 Å². The maximum absolute atomic E-state index is 10.7. The van der Waals surface area contributed by atoms with E-state index in [1.54, 1.807) is 0 Å². The van der Waals surface area contributed by atoms with Crippen LogP contribution in [0.3, 0.4) is 0 Å². The van der Waals surface area contributed by atoms with Gasteiger partial charge in [0, 0.05) is 0 Å². The average Bonchev–Trinajstić information content (AvgIpc) is 1.36. The van der Waals surface area contributed by atoms with Crippen molar-refractivity contribution in [2.75, 3.05) is 0 Å². The maximum atomic E-state index is 10.7. The van der Waals surface area contributed by atoms with E-state index >= 15 is 0 Å². The van der Waals surface area contributed by atoms with Crippen molar-refractivity contribution >= 4 is 0 Å². The predicted octanol–water partition coefficient (Wildman–Crippen LogP) is 1.13. The van der Waals surface area contributed by atoms with Crippen molar-refractivity contribution in [2.24, 2.45) is 0 Å². The molecule has 0 bridgehead atoms. The van der Waals surface area contributed by atoms with E-state index in [1.807, 2.05) is 0 Å². The molecular weight excluding hydrogens is 90.0 g/mol. The van der Waals surface area contributed by atoms with Crippen LogP contribution in [-0.4, -0.2) is 11.5 Å². The molecule has 3 heteroatoms. The number of aliphatic hydroxyl groups is 1. The molecule has 1 radical (unpaired) electrons. The summed E-state index contributed by atoms with van der Waals surface area (Å²) in [7, 11) is 0. The Morgan fingerprint density at radius 2 is 1.83 bits per heavy atom. The van der Waals surface area contributed by atoms with Crippen molar-refractivity contribution in [3.63, 3.8) is 0 Å². The zero-order chi connectivity index (χ0) is 5.15. The van der Waals surface area contributed by atoms with Gasteiger partial charge in [-0.1, -0.05) is 0 Å². The Labute approximate surface area is 33.9 Å². The van der Waals surface area contributed by atoms with Gasteiger partial charge in [-0.2, -0.15) is 0 Å². The summed E-state index contributed by atoms with van der Waals surface area (Å²) < 4.78 is 21.5. The summed E-state index contributed by atoms with van der Waals surface area (Å²) in [6.07, 6.45) is -2.90. The van der Waals surface area contributed by atoms with Crippen LogP contribution in [0.25, 0.3) is 0 Å². The first-order valence-corrected chi connectivity index (χ1v) is 1.24. The van der Waals surface area contributed by atoms with Crippen molar-refractivity contribution < 1.29 is 13.9 Å². The number of halogens is 2. The van der Waals surface area contributed by atoms with Crippen LogP contribution in [0.2, 0.25) is 0 Å². The standard InChI is InChI=1S/C3H3F2O/c1-2(6)3(4)5/h1,3,6H. The van der Waals surface area contributed by atoms with Crippen molar-refractivity contribution in [3.05, 3.63) is 12.3 Å². The van der Waals surface area contributed by atoms with Crippen LogP contribution < -0.4 is 0 Å². The second-order valence-corrected chi connectivity index (χ2v) is 0.726. The number of rotatable bonds is 1. The predicted molar refractivity (Wildman–Crippen MR) is 16.4 cm³/mol. The molecule has 0 spiro atoms. The first-order valence-electron chi connectivity index (χ1n) is 1.24. The Bertz CT molecular complexity index is 59.8. The maximum Gasteiger partial charge on any atom is 0.294 e. The summed E-state index contributed by atoms with van der Waals surface area (Å²) in [5.74, 6) is -1.32. The molecule has 1 nitrogen and oxygen atoms in total. The molecule has 1 N–H and O–H groups in total. The quantitative estimate of drug-likeness (QED) is 0.482. The Balaban J connectivity index is 3.26. The molecule has 0 atom stereocenters. The lowest BCUT2D eigenvalue weighted by molar-refractivity contribution is 0.129. The number of alkyl halides is 2. The lowest BCUT2D eigenvalue weighted by atomic mass is 10.6. The van der Waals surface area contributed by atoms with Crippen LogP contribution in [0.5, 0.6) is 0 Å². The molecule has 0 heterocycles. The third kappa shape index (κ3) is 1.69. The van der Waals surface area contributed by atoms with Gasteiger partial charge in [-0.3, -0.25) is 0 Å². The van der Waals surface area contributed by atoms with E-state index in [2.05, 4.69) is 6.58 Å². The molecule has 0 saturated carbocycles. The lowest BCUT2D eigenvalue weighted by Crippen LogP contribution is -1.90. The fourth-order valence-electron chi connectivity index (χ4n) is 0. The first kappa shape index (κ1) is 5.40. The molecule has 0 unspecified atom stereocenters. The molecule has 0 aromatic carbocycles. The Kier molecular flexibility index (Phi) is 1.57. The van der Waals surface area contributed by atoms with Crippen molar-refractivity contribution in [1.29, 1.82) is 0 Å². The van der Waals surface area contributed by atoms with Crippen LogP contribution >= 0.6 is 0 Å². The fraction of sp³-hybridized carbons (Fsp3) is 0.333. The van der Waals surface area contributed by atoms with E-state index in [0.29, 0.717) is 0 Å². The van der Waals surface area contributed by atoms with E-state index in [9.17, 15) is 8.78 Å². The van der Waals surface area contributed by atoms with Gasteiger partial charge < -0.3 is 5.11 Å². The third-order valence-electron chi connectivity index (χ3n) is 0.224. The normalized spacial score (nSPS) is 9.17. The van der Waals surface area contributed by atoms with Gasteiger partial charge in [0.05, 0.1) is 0 Å². The Morgan fingerprint density at radius 1 is 1.67 bits per heavy atom. The summed E-state index contributed by atoms with van der Waals surface area (Å²) >= 11 is 0. The monoisotopic (exact) mass is 93.0 g/mol. The van der Waals surface area contributed by atoms with E-state index in [4.69, 9.17) is 5.11 Å². The van der Waals surface area contributed by atoms with Crippen molar-refractivity contribution in [2.45, 2.75) is 6.43 Å². The molecule has 0 aliphatic carbocycles. The number of hydrogen-bond acceptors (Lipinski definition) is 1. The molecule has 0 fully saturated rings. The van der Waals surface area contributed by atoms with E-state index in [-0.39, 0.29) is 0 Å². The third-order valence-corrected chi connectivity index (χ3v) is 0.224. The first-order chi connectivity index (χ1) is 2.64. The molecule has 0 amide bonds. The largest absolute Gasteiger partial charge is 0.506 e. The van der Waals surface area contributed by atoms with Crippen LogP contribution in [0, 0.1) is 6.58 Å². The molecule has 6 heavy (non-hydrogen) atoms.